The number of hydrazine groups is 1. The summed E-state index contributed by atoms with van der Waals surface area (Å²) >= 11 is 0. The number of nitrogens with one attached hydrogen (secondary N) is 1. The molecule has 3 N–H and O–H groups in total. The molecule has 94 valence electrons. The zero-order valence-electron chi connectivity index (χ0n) is 10.7. The fourth-order valence-electron chi connectivity index (χ4n) is 1.75. The number of benzene rings is 1. The van der Waals surface area contributed by atoms with Gasteiger partial charge in [-0.15, -0.1) is 6.58 Å². The van der Waals surface area contributed by atoms with Crippen LogP contribution in [0.25, 0.3) is 0 Å². The Bertz CT molecular complexity index is 363. The molecule has 1 rings (SSSR count). The lowest BCUT2D eigenvalue weighted by Crippen LogP contribution is -2.36. The fraction of sp³-hybridized carbons (Fsp3) is 0.429. The Morgan fingerprint density at radius 2 is 2.29 bits per heavy atom. The van der Waals surface area contributed by atoms with Crippen molar-refractivity contribution in [1.29, 1.82) is 0 Å². The molecule has 1 aromatic rings. The summed E-state index contributed by atoms with van der Waals surface area (Å²) in [7, 11) is 1.68. The Labute approximate surface area is 104 Å². The third-order valence-corrected chi connectivity index (χ3v) is 2.77. The topological polar surface area (TPSA) is 47.3 Å². The van der Waals surface area contributed by atoms with Gasteiger partial charge in [0.05, 0.1) is 7.11 Å². The average Bonchev–Trinajstić information content (AvgIpc) is 2.34. The smallest absolute Gasteiger partial charge is 0.119 e. The number of allylic oxidation sites excluding steroid dienone is 1. The van der Waals surface area contributed by atoms with Gasteiger partial charge in [-0.1, -0.05) is 17.7 Å². The molecule has 0 aliphatic carbocycles. The van der Waals surface area contributed by atoms with Crippen molar-refractivity contribution in [2.24, 2.45) is 5.84 Å². The Kier molecular flexibility index (Phi) is 5.73. The summed E-state index contributed by atoms with van der Waals surface area (Å²) in [5.74, 6) is 6.45. The summed E-state index contributed by atoms with van der Waals surface area (Å²) in [6.07, 6.45) is 2.91. The van der Waals surface area contributed by atoms with Crippen LogP contribution in [0, 0.1) is 0 Å². The largest absolute Gasteiger partial charge is 0.497 e. The van der Waals surface area contributed by atoms with Crippen LogP contribution < -0.4 is 16.0 Å². The van der Waals surface area contributed by atoms with Crippen molar-refractivity contribution >= 4 is 0 Å². The van der Waals surface area contributed by atoms with Crippen molar-refractivity contribution in [3.63, 3.8) is 0 Å². The van der Waals surface area contributed by atoms with E-state index in [1.54, 1.807) is 7.11 Å². The molecule has 0 bridgehead atoms. The molecule has 3 heteroatoms. The SMILES string of the molecule is C=C(C)CCC(Cc1cccc(OC)c1)NN. The molecule has 0 radical (unpaired) electrons. The Morgan fingerprint density at radius 3 is 2.88 bits per heavy atom. The minimum absolute atomic E-state index is 0.277. The molecule has 17 heavy (non-hydrogen) atoms. The van der Waals surface area contributed by atoms with Crippen molar-refractivity contribution in [3.8, 4) is 5.75 Å². The monoisotopic (exact) mass is 234 g/mol. The number of hydrogen-bond donors (Lipinski definition) is 2. The van der Waals surface area contributed by atoms with Gasteiger partial charge in [0.2, 0.25) is 0 Å². The Morgan fingerprint density at radius 1 is 1.53 bits per heavy atom. The van der Waals surface area contributed by atoms with E-state index >= 15 is 0 Å². The van der Waals surface area contributed by atoms with Crippen molar-refractivity contribution in [1.82, 2.24) is 5.43 Å². The van der Waals surface area contributed by atoms with Gasteiger partial charge in [-0.3, -0.25) is 11.3 Å². The molecule has 0 fully saturated rings. The minimum Gasteiger partial charge on any atom is -0.497 e. The molecular weight excluding hydrogens is 212 g/mol. The summed E-state index contributed by atoms with van der Waals surface area (Å²) in [6.45, 7) is 5.95. The van der Waals surface area contributed by atoms with Crippen molar-refractivity contribution in [2.75, 3.05) is 7.11 Å². The van der Waals surface area contributed by atoms with Crippen LogP contribution in [0.3, 0.4) is 0 Å². The number of methoxy groups -OCH3 is 1. The highest BCUT2D eigenvalue weighted by Crippen LogP contribution is 2.15. The van der Waals surface area contributed by atoms with Crippen molar-refractivity contribution < 1.29 is 4.74 Å². The maximum absolute atomic E-state index is 5.57. The lowest BCUT2D eigenvalue weighted by Gasteiger charge is -2.16. The van der Waals surface area contributed by atoms with Crippen molar-refractivity contribution in [3.05, 3.63) is 42.0 Å². The first kappa shape index (κ1) is 13.7. The first-order valence-electron chi connectivity index (χ1n) is 5.89. The van der Waals surface area contributed by atoms with Crippen LogP contribution in [0.5, 0.6) is 5.75 Å². The van der Waals surface area contributed by atoms with Gasteiger partial charge < -0.3 is 4.74 Å². The molecule has 0 spiro atoms. The zero-order chi connectivity index (χ0) is 12.7. The van der Waals surface area contributed by atoms with Crippen LogP contribution in [0.2, 0.25) is 0 Å². The van der Waals surface area contributed by atoms with Gasteiger partial charge >= 0.3 is 0 Å². The van der Waals surface area contributed by atoms with Crippen LogP contribution in [-0.4, -0.2) is 13.2 Å². The normalized spacial score (nSPS) is 12.2. The van der Waals surface area contributed by atoms with Gasteiger partial charge in [0, 0.05) is 6.04 Å². The van der Waals surface area contributed by atoms with Crippen LogP contribution >= 0.6 is 0 Å². The van der Waals surface area contributed by atoms with E-state index in [2.05, 4.69) is 18.1 Å². The first-order chi connectivity index (χ1) is 8.15. The maximum atomic E-state index is 5.57. The van der Waals surface area contributed by atoms with Gasteiger partial charge in [-0.25, -0.2) is 0 Å². The third-order valence-electron chi connectivity index (χ3n) is 2.77. The summed E-state index contributed by atoms with van der Waals surface area (Å²) < 4.78 is 5.20. The molecule has 1 aromatic carbocycles. The summed E-state index contributed by atoms with van der Waals surface area (Å²) in [5.41, 5.74) is 5.28. The highest BCUT2D eigenvalue weighted by Gasteiger charge is 2.08. The highest BCUT2D eigenvalue weighted by atomic mass is 16.5. The van der Waals surface area contributed by atoms with Gasteiger partial charge in [-0.05, 0) is 43.9 Å². The molecule has 3 nitrogen and oxygen atoms in total. The fourth-order valence-corrected chi connectivity index (χ4v) is 1.75. The second-order valence-electron chi connectivity index (χ2n) is 4.42. The molecule has 0 aliphatic heterocycles. The van der Waals surface area contributed by atoms with E-state index in [1.807, 2.05) is 25.1 Å². The molecule has 0 aliphatic rings. The zero-order valence-corrected chi connectivity index (χ0v) is 10.7. The summed E-state index contributed by atoms with van der Waals surface area (Å²) in [5, 5.41) is 0. The molecule has 0 heterocycles. The third kappa shape index (κ3) is 5.02. The van der Waals surface area contributed by atoms with E-state index < -0.39 is 0 Å². The standard InChI is InChI=1S/C14H22N2O/c1-11(2)7-8-13(16-15)9-12-5-4-6-14(10-12)17-3/h4-6,10,13,16H,1,7-9,15H2,2-3H3. The van der Waals surface area contributed by atoms with E-state index in [0.717, 1.165) is 25.0 Å². The predicted octanol–water partition coefficient (Wildman–Crippen LogP) is 2.43. The highest BCUT2D eigenvalue weighted by molar-refractivity contribution is 5.28. The predicted molar refractivity (Wildman–Crippen MR) is 71.9 cm³/mol. The van der Waals surface area contributed by atoms with E-state index in [4.69, 9.17) is 10.6 Å². The number of rotatable bonds is 7. The van der Waals surface area contributed by atoms with E-state index in [1.165, 1.54) is 11.1 Å². The van der Waals surface area contributed by atoms with E-state index in [-0.39, 0.29) is 6.04 Å². The number of hydrogen-bond acceptors (Lipinski definition) is 3. The van der Waals surface area contributed by atoms with Crippen LogP contribution in [0.1, 0.15) is 25.3 Å². The number of ether oxygens (including phenoxy) is 1. The number of nitrogens with two attached hydrogens (primary N) is 1. The quantitative estimate of drug-likeness (QED) is 0.433. The second kappa shape index (κ2) is 7.09. The summed E-state index contributed by atoms with van der Waals surface area (Å²) in [6, 6.07) is 8.36. The molecule has 0 saturated carbocycles. The van der Waals surface area contributed by atoms with E-state index in [9.17, 15) is 0 Å². The Balaban J connectivity index is 2.56. The molecule has 0 saturated heterocycles. The lowest BCUT2D eigenvalue weighted by molar-refractivity contribution is 0.413. The molecule has 0 amide bonds. The van der Waals surface area contributed by atoms with E-state index in [0.29, 0.717) is 0 Å². The molecule has 0 aromatic heterocycles. The van der Waals surface area contributed by atoms with Gasteiger partial charge in [0.1, 0.15) is 5.75 Å². The van der Waals surface area contributed by atoms with Crippen LogP contribution in [0.4, 0.5) is 0 Å². The van der Waals surface area contributed by atoms with Crippen LogP contribution in [0.15, 0.2) is 36.4 Å². The average molecular weight is 234 g/mol. The maximum Gasteiger partial charge on any atom is 0.119 e. The lowest BCUT2D eigenvalue weighted by atomic mass is 10.0. The van der Waals surface area contributed by atoms with Gasteiger partial charge in [0.25, 0.3) is 0 Å². The van der Waals surface area contributed by atoms with Crippen LogP contribution in [-0.2, 0) is 6.42 Å². The molecular formula is C14H22N2O. The molecule has 1 atom stereocenters. The molecule has 1 unspecified atom stereocenters. The second-order valence-corrected chi connectivity index (χ2v) is 4.42. The van der Waals surface area contributed by atoms with Gasteiger partial charge in [-0.2, -0.15) is 0 Å². The summed E-state index contributed by atoms with van der Waals surface area (Å²) in [4.78, 5) is 0. The van der Waals surface area contributed by atoms with Gasteiger partial charge in [0.15, 0.2) is 0 Å². The van der Waals surface area contributed by atoms with Crippen molar-refractivity contribution in [2.45, 2.75) is 32.2 Å². The first-order valence-corrected chi connectivity index (χ1v) is 5.89. The Hall–Kier alpha value is -1.32. The minimum atomic E-state index is 0.277.